The molecule has 6 heteroatoms. The normalized spacial score (nSPS) is 10.3. The van der Waals surface area contributed by atoms with Gasteiger partial charge in [-0.3, -0.25) is 4.79 Å². The van der Waals surface area contributed by atoms with Gasteiger partial charge in [0.2, 0.25) is 0 Å². The van der Waals surface area contributed by atoms with E-state index in [1.54, 1.807) is 36.7 Å². The van der Waals surface area contributed by atoms with E-state index in [-0.39, 0.29) is 5.91 Å². The highest BCUT2D eigenvalue weighted by Crippen LogP contribution is 2.26. The second-order valence-corrected chi connectivity index (χ2v) is 5.47. The SMILES string of the molecule is CCN(c1cncnc1)c1cccc(NC(=O)c2cccc(N)c2)c1. The van der Waals surface area contributed by atoms with Gasteiger partial charge in [0, 0.05) is 29.2 Å². The first-order valence-electron chi connectivity index (χ1n) is 7.97. The van der Waals surface area contributed by atoms with Crippen molar-refractivity contribution in [2.45, 2.75) is 6.92 Å². The van der Waals surface area contributed by atoms with Crippen LogP contribution >= 0.6 is 0 Å². The summed E-state index contributed by atoms with van der Waals surface area (Å²) in [6.07, 6.45) is 5.02. The largest absolute Gasteiger partial charge is 0.399 e. The molecule has 2 aromatic carbocycles. The number of amides is 1. The summed E-state index contributed by atoms with van der Waals surface area (Å²) in [4.78, 5) is 22.6. The van der Waals surface area contributed by atoms with E-state index in [1.165, 1.54) is 6.33 Å². The van der Waals surface area contributed by atoms with Crippen molar-refractivity contribution in [3.05, 3.63) is 72.8 Å². The minimum absolute atomic E-state index is 0.199. The van der Waals surface area contributed by atoms with Gasteiger partial charge >= 0.3 is 0 Å². The lowest BCUT2D eigenvalue weighted by atomic mass is 10.2. The first-order chi connectivity index (χ1) is 12.2. The number of nitrogens with two attached hydrogens (primary N) is 1. The van der Waals surface area contributed by atoms with Crippen LogP contribution in [0.1, 0.15) is 17.3 Å². The fraction of sp³-hybridized carbons (Fsp3) is 0.105. The quantitative estimate of drug-likeness (QED) is 0.699. The van der Waals surface area contributed by atoms with Crippen molar-refractivity contribution in [3.63, 3.8) is 0 Å². The van der Waals surface area contributed by atoms with Gasteiger partial charge in [-0.15, -0.1) is 0 Å². The molecule has 0 saturated carbocycles. The molecule has 1 amide bonds. The highest BCUT2D eigenvalue weighted by atomic mass is 16.1. The minimum Gasteiger partial charge on any atom is -0.399 e. The van der Waals surface area contributed by atoms with Crippen LogP contribution in [-0.4, -0.2) is 22.4 Å². The van der Waals surface area contributed by atoms with Gasteiger partial charge < -0.3 is 16.0 Å². The Bertz CT molecular complexity index is 866. The van der Waals surface area contributed by atoms with Crippen LogP contribution < -0.4 is 16.0 Å². The van der Waals surface area contributed by atoms with Gasteiger partial charge in [-0.05, 0) is 43.3 Å². The van der Waals surface area contributed by atoms with Gasteiger partial charge in [-0.1, -0.05) is 12.1 Å². The summed E-state index contributed by atoms with van der Waals surface area (Å²) in [5, 5.41) is 2.90. The van der Waals surface area contributed by atoms with Crippen LogP contribution in [0.2, 0.25) is 0 Å². The fourth-order valence-corrected chi connectivity index (χ4v) is 2.58. The van der Waals surface area contributed by atoms with E-state index in [4.69, 9.17) is 5.73 Å². The smallest absolute Gasteiger partial charge is 0.255 e. The monoisotopic (exact) mass is 333 g/mol. The third kappa shape index (κ3) is 3.92. The van der Waals surface area contributed by atoms with Gasteiger partial charge in [-0.25, -0.2) is 9.97 Å². The molecule has 0 aliphatic heterocycles. The molecule has 3 N–H and O–H groups in total. The van der Waals surface area contributed by atoms with Crippen molar-refractivity contribution in [3.8, 4) is 0 Å². The maximum Gasteiger partial charge on any atom is 0.255 e. The Labute approximate surface area is 146 Å². The molecule has 0 saturated heterocycles. The Kier molecular flexibility index (Phi) is 4.89. The zero-order valence-corrected chi connectivity index (χ0v) is 13.9. The first-order valence-corrected chi connectivity index (χ1v) is 7.97. The number of benzene rings is 2. The topological polar surface area (TPSA) is 84.1 Å². The van der Waals surface area contributed by atoms with Crippen molar-refractivity contribution in [1.29, 1.82) is 0 Å². The van der Waals surface area contributed by atoms with Gasteiger partial charge in [0.05, 0.1) is 18.1 Å². The fourth-order valence-electron chi connectivity index (χ4n) is 2.58. The summed E-state index contributed by atoms with van der Waals surface area (Å²) < 4.78 is 0. The van der Waals surface area contributed by atoms with E-state index in [1.807, 2.05) is 31.2 Å². The Hall–Kier alpha value is -3.41. The highest BCUT2D eigenvalue weighted by molar-refractivity contribution is 6.05. The van der Waals surface area contributed by atoms with Crippen LogP contribution in [0.15, 0.2) is 67.3 Å². The van der Waals surface area contributed by atoms with E-state index in [0.29, 0.717) is 16.9 Å². The average molecular weight is 333 g/mol. The van der Waals surface area contributed by atoms with Crippen LogP contribution in [0.4, 0.5) is 22.7 Å². The molecule has 6 nitrogen and oxygen atoms in total. The van der Waals surface area contributed by atoms with Gasteiger partial charge in [0.15, 0.2) is 0 Å². The van der Waals surface area contributed by atoms with Crippen molar-refractivity contribution >= 4 is 28.7 Å². The highest BCUT2D eigenvalue weighted by Gasteiger charge is 2.10. The van der Waals surface area contributed by atoms with E-state index in [9.17, 15) is 4.79 Å². The van der Waals surface area contributed by atoms with E-state index >= 15 is 0 Å². The number of hydrogen-bond donors (Lipinski definition) is 2. The number of aromatic nitrogens is 2. The molecule has 0 radical (unpaired) electrons. The maximum atomic E-state index is 12.4. The predicted octanol–water partition coefficient (Wildman–Crippen LogP) is 3.47. The van der Waals surface area contributed by atoms with Gasteiger partial charge in [-0.2, -0.15) is 0 Å². The minimum atomic E-state index is -0.199. The first kappa shape index (κ1) is 16.4. The molecule has 0 aliphatic carbocycles. The molecule has 0 fully saturated rings. The zero-order valence-electron chi connectivity index (χ0n) is 13.9. The number of anilines is 4. The van der Waals surface area contributed by atoms with E-state index in [2.05, 4.69) is 20.2 Å². The Balaban J connectivity index is 1.82. The molecule has 3 aromatic rings. The molecule has 0 unspecified atom stereocenters. The summed E-state index contributed by atoms with van der Waals surface area (Å²) in [6, 6.07) is 14.5. The average Bonchev–Trinajstić information content (AvgIpc) is 2.64. The van der Waals surface area contributed by atoms with Crippen LogP contribution in [0.25, 0.3) is 0 Å². The Morgan fingerprint density at radius 3 is 2.56 bits per heavy atom. The molecule has 1 aromatic heterocycles. The molecule has 0 atom stereocenters. The third-order valence-electron chi connectivity index (χ3n) is 3.74. The Morgan fingerprint density at radius 2 is 1.84 bits per heavy atom. The number of rotatable bonds is 5. The van der Waals surface area contributed by atoms with Crippen molar-refractivity contribution < 1.29 is 4.79 Å². The number of nitrogens with one attached hydrogen (secondary N) is 1. The summed E-state index contributed by atoms with van der Waals surface area (Å²) in [5.74, 6) is -0.199. The second-order valence-electron chi connectivity index (χ2n) is 5.47. The standard InChI is InChI=1S/C19H19N5O/c1-2-24(18-11-21-13-22-12-18)17-8-4-7-16(10-17)23-19(25)14-5-3-6-15(20)9-14/h3-13H,2,20H2,1H3,(H,23,25). The third-order valence-corrected chi connectivity index (χ3v) is 3.74. The number of nitrogens with zero attached hydrogens (tertiary/aromatic N) is 3. The van der Waals surface area contributed by atoms with Crippen LogP contribution in [0.5, 0.6) is 0 Å². The van der Waals surface area contributed by atoms with Crippen molar-refractivity contribution in [1.82, 2.24) is 9.97 Å². The molecule has 3 rings (SSSR count). The summed E-state index contributed by atoms with van der Waals surface area (Å²) in [5.41, 5.74) is 9.37. The lowest BCUT2D eigenvalue weighted by molar-refractivity contribution is 0.102. The number of carbonyl (C=O) groups is 1. The van der Waals surface area contributed by atoms with Crippen molar-refractivity contribution in [2.24, 2.45) is 0 Å². The lowest BCUT2D eigenvalue weighted by Crippen LogP contribution is -2.17. The summed E-state index contributed by atoms with van der Waals surface area (Å²) in [7, 11) is 0. The molecule has 25 heavy (non-hydrogen) atoms. The molecule has 1 heterocycles. The molecule has 0 bridgehead atoms. The van der Waals surface area contributed by atoms with E-state index < -0.39 is 0 Å². The molecule has 0 spiro atoms. The molecule has 126 valence electrons. The zero-order chi connectivity index (χ0) is 17.6. The van der Waals surface area contributed by atoms with Gasteiger partial charge in [0.25, 0.3) is 5.91 Å². The second kappa shape index (κ2) is 7.44. The van der Waals surface area contributed by atoms with Gasteiger partial charge in [0.1, 0.15) is 6.33 Å². The molecule has 0 aliphatic rings. The number of hydrogen-bond acceptors (Lipinski definition) is 5. The van der Waals surface area contributed by atoms with Crippen molar-refractivity contribution in [2.75, 3.05) is 22.5 Å². The molecular formula is C19H19N5O. The molecular weight excluding hydrogens is 314 g/mol. The van der Waals surface area contributed by atoms with Crippen LogP contribution in [0.3, 0.4) is 0 Å². The number of nitrogen functional groups attached to an aromatic ring is 1. The maximum absolute atomic E-state index is 12.4. The lowest BCUT2D eigenvalue weighted by Gasteiger charge is -2.23. The Morgan fingerprint density at radius 1 is 1.08 bits per heavy atom. The number of carbonyl (C=O) groups excluding carboxylic acids is 1. The summed E-state index contributed by atoms with van der Waals surface area (Å²) in [6.45, 7) is 2.80. The summed E-state index contributed by atoms with van der Waals surface area (Å²) >= 11 is 0. The van der Waals surface area contributed by atoms with Crippen LogP contribution in [-0.2, 0) is 0 Å². The van der Waals surface area contributed by atoms with E-state index in [0.717, 1.165) is 17.9 Å². The van der Waals surface area contributed by atoms with Crippen LogP contribution in [0, 0.1) is 0 Å². The predicted molar refractivity (Wildman–Crippen MR) is 100.0 cm³/mol.